The topological polar surface area (TPSA) is 32.3 Å². The summed E-state index contributed by atoms with van der Waals surface area (Å²) < 4.78 is 1.07. The van der Waals surface area contributed by atoms with E-state index in [4.69, 9.17) is 0 Å². The molecule has 1 aromatic rings. The van der Waals surface area contributed by atoms with Crippen molar-refractivity contribution in [3.05, 3.63) is 34.3 Å². The van der Waals surface area contributed by atoms with Crippen LogP contribution in [0, 0.1) is 0 Å². The molecule has 1 rings (SSSR count). The Morgan fingerprint density at radius 2 is 1.83 bits per heavy atom. The van der Waals surface area contributed by atoms with Gasteiger partial charge in [0.2, 0.25) is 5.91 Å². The number of carbonyl (C=O) groups excluding carboxylic acids is 1. The van der Waals surface area contributed by atoms with Crippen LogP contribution in [0.15, 0.2) is 28.7 Å². The molecular formula is C14H21BrN2O. The van der Waals surface area contributed by atoms with Crippen molar-refractivity contribution in [1.29, 1.82) is 0 Å². The fourth-order valence-corrected chi connectivity index (χ4v) is 2.06. The molecule has 1 amide bonds. The van der Waals surface area contributed by atoms with Crippen molar-refractivity contribution in [2.45, 2.75) is 26.8 Å². The van der Waals surface area contributed by atoms with Gasteiger partial charge in [-0.25, -0.2) is 0 Å². The number of hydrogen-bond donors (Lipinski definition) is 1. The molecule has 0 saturated heterocycles. The number of hydrogen-bond acceptors (Lipinski definition) is 2. The van der Waals surface area contributed by atoms with Crippen molar-refractivity contribution < 1.29 is 4.79 Å². The Kier molecular flexibility index (Phi) is 6.36. The van der Waals surface area contributed by atoms with Crippen molar-refractivity contribution in [1.82, 2.24) is 10.2 Å². The van der Waals surface area contributed by atoms with E-state index in [2.05, 4.69) is 40.3 Å². The second-order valence-electron chi connectivity index (χ2n) is 4.22. The van der Waals surface area contributed by atoms with E-state index in [0.29, 0.717) is 6.54 Å². The lowest BCUT2D eigenvalue weighted by atomic mass is 10.1. The third-order valence-electron chi connectivity index (χ3n) is 3.05. The van der Waals surface area contributed by atoms with Crippen LogP contribution in [0.3, 0.4) is 0 Å². The lowest BCUT2D eigenvalue weighted by Crippen LogP contribution is -2.38. The van der Waals surface area contributed by atoms with Crippen LogP contribution in [-0.2, 0) is 4.79 Å². The number of benzene rings is 1. The van der Waals surface area contributed by atoms with Gasteiger partial charge in [-0.1, -0.05) is 28.1 Å². The van der Waals surface area contributed by atoms with Crippen LogP contribution in [0.1, 0.15) is 32.4 Å². The molecule has 0 unspecified atom stereocenters. The van der Waals surface area contributed by atoms with Crippen LogP contribution >= 0.6 is 15.9 Å². The lowest BCUT2D eigenvalue weighted by Gasteiger charge is -2.21. The van der Waals surface area contributed by atoms with E-state index >= 15 is 0 Å². The molecule has 0 fully saturated rings. The molecule has 0 spiro atoms. The van der Waals surface area contributed by atoms with E-state index in [1.807, 2.05) is 30.9 Å². The van der Waals surface area contributed by atoms with Gasteiger partial charge in [0.05, 0.1) is 6.54 Å². The fourth-order valence-electron chi connectivity index (χ4n) is 1.80. The number of likely N-dealkylation sites (N-methyl/N-ethyl adjacent to an activating group) is 1. The number of carbonyl (C=O) groups is 1. The lowest BCUT2D eigenvalue weighted by molar-refractivity contribution is -0.129. The third kappa shape index (κ3) is 4.42. The zero-order chi connectivity index (χ0) is 13.5. The van der Waals surface area contributed by atoms with Gasteiger partial charge in [-0.3, -0.25) is 4.79 Å². The van der Waals surface area contributed by atoms with Gasteiger partial charge >= 0.3 is 0 Å². The Morgan fingerprint density at radius 3 is 2.33 bits per heavy atom. The number of halogens is 1. The summed E-state index contributed by atoms with van der Waals surface area (Å²) in [5, 5.41) is 3.26. The van der Waals surface area contributed by atoms with Crippen molar-refractivity contribution >= 4 is 21.8 Å². The molecule has 3 nitrogen and oxygen atoms in total. The van der Waals surface area contributed by atoms with Gasteiger partial charge in [0.15, 0.2) is 0 Å². The average Bonchev–Trinajstić information content (AvgIpc) is 2.38. The molecule has 100 valence electrons. The maximum Gasteiger partial charge on any atom is 0.236 e. The number of nitrogens with zero attached hydrogens (tertiary/aromatic N) is 1. The molecule has 0 saturated carbocycles. The molecule has 0 bridgehead atoms. The van der Waals surface area contributed by atoms with Gasteiger partial charge in [0, 0.05) is 23.6 Å². The molecular weight excluding hydrogens is 292 g/mol. The second-order valence-corrected chi connectivity index (χ2v) is 5.14. The normalized spacial score (nSPS) is 12.2. The first-order valence-corrected chi connectivity index (χ1v) is 7.14. The second kappa shape index (κ2) is 7.54. The van der Waals surface area contributed by atoms with Gasteiger partial charge in [-0.15, -0.1) is 0 Å². The largest absolute Gasteiger partial charge is 0.342 e. The van der Waals surface area contributed by atoms with Gasteiger partial charge in [0.1, 0.15) is 0 Å². The first-order chi connectivity index (χ1) is 8.58. The van der Waals surface area contributed by atoms with Crippen LogP contribution in [0.2, 0.25) is 0 Å². The summed E-state index contributed by atoms with van der Waals surface area (Å²) in [6, 6.07) is 8.32. The van der Waals surface area contributed by atoms with E-state index in [9.17, 15) is 4.79 Å². The minimum Gasteiger partial charge on any atom is -0.342 e. The molecule has 1 atom stereocenters. The smallest absolute Gasteiger partial charge is 0.236 e. The van der Waals surface area contributed by atoms with E-state index in [1.165, 1.54) is 5.56 Å². The Labute approximate surface area is 118 Å². The van der Waals surface area contributed by atoms with Gasteiger partial charge in [0.25, 0.3) is 0 Å². The standard InChI is InChI=1S/C14H21BrN2O/c1-4-17(5-2)14(18)10-16-11(3)12-6-8-13(15)9-7-12/h6-9,11,16H,4-5,10H2,1-3H3/t11-/m0/s1. The maximum atomic E-state index is 11.9. The summed E-state index contributed by atoms with van der Waals surface area (Å²) in [6.07, 6.45) is 0. The predicted molar refractivity (Wildman–Crippen MR) is 78.5 cm³/mol. The van der Waals surface area contributed by atoms with Crippen LogP contribution in [0.4, 0.5) is 0 Å². The van der Waals surface area contributed by atoms with E-state index in [0.717, 1.165) is 17.6 Å². The highest BCUT2D eigenvalue weighted by Crippen LogP contribution is 2.16. The highest BCUT2D eigenvalue weighted by atomic mass is 79.9. The first kappa shape index (κ1) is 15.2. The van der Waals surface area contributed by atoms with E-state index in [-0.39, 0.29) is 11.9 Å². The molecule has 4 heteroatoms. The Morgan fingerprint density at radius 1 is 1.28 bits per heavy atom. The minimum absolute atomic E-state index is 0.156. The monoisotopic (exact) mass is 312 g/mol. The molecule has 1 N–H and O–H groups in total. The van der Waals surface area contributed by atoms with Crippen LogP contribution < -0.4 is 5.32 Å². The Bertz CT molecular complexity index is 374. The van der Waals surface area contributed by atoms with Crippen molar-refractivity contribution in [3.63, 3.8) is 0 Å². The van der Waals surface area contributed by atoms with Crippen molar-refractivity contribution in [3.8, 4) is 0 Å². The Hall–Kier alpha value is -0.870. The summed E-state index contributed by atoms with van der Waals surface area (Å²) in [5.74, 6) is 0.156. The summed E-state index contributed by atoms with van der Waals surface area (Å²) in [5.41, 5.74) is 1.19. The van der Waals surface area contributed by atoms with Crippen molar-refractivity contribution in [2.75, 3.05) is 19.6 Å². The molecule has 0 heterocycles. The predicted octanol–water partition coefficient (Wildman–Crippen LogP) is 2.97. The molecule has 0 radical (unpaired) electrons. The van der Waals surface area contributed by atoms with Gasteiger partial charge in [-0.2, -0.15) is 0 Å². The van der Waals surface area contributed by atoms with Crippen molar-refractivity contribution in [2.24, 2.45) is 0 Å². The zero-order valence-corrected chi connectivity index (χ0v) is 12.8. The number of rotatable bonds is 6. The van der Waals surface area contributed by atoms with Gasteiger partial charge in [-0.05, 0) is 38.5 Å². The molecule has 0 aliphatic heterocycles. The number of nitrogens with one attached hydrogen (secondary N) is 1. The maximum absolute atomic E-state index is 11.9. The zero-order valence-electron chi connectivity index (χ0n) is 11.2. The quantitative estimate of drug-likeness (QED) is 0.876. The third-order valence-corrected chi connectivity index (χ3v) is 3.57. The molecule has 0 aliphatic rings. The summed E-state index contributed by atoms with van der Waals surface area (Å²) in [7, 11) is 0. The molecule has 18 heavy (non-hydrogen) atoms. The highest BCUT2D eigenvalue weighted by molar-refractivity contribution is 9.10. The fraction of sp³-hybridized carbons (Fsp3) is 0.500. The minimum atomic E-state index is 0.156. The van der Waals surface area contributed by atoms with Crippen LogP contribution in [-0.4, -0.2) is 30.4 Å². The van der Waals surface area contributed by atoms with E-state index in [1.54, 1.807) is 0 Å². The van der Waals surface area contributed by atoms with Crippen LogP contribution in [0.5, 0.6) is 0 Å². The molecule has 0 aliphatic carbocycles. The van der Waals surface area contributed by atoms with Gasteiger partial charge < -0.3 is 10.2 Å². The Balaban J connectivity index is 2.48. The molecule has 1 aromatic carbocycles. The highest BCUT2D eigenvalue weighted by Gasteiger charge is 2.11. The average molecular weight is 313 g/mol. The van der Waals surface area contributed by atoms with Crippen LogP contribution in [0.25, 0.3) is 0 Å². The summed E-state index contributed by atoms with van der Waals surface area (Å²) in [6.45, 7) is 7.99. The SMILES string of the molecule is CCN(CC)C(=O)CN[C@@H](C)c1ccc(Br)cc1. The summed E-state index contributed by atoms with van der Waals surface area (Å²) in [4.78, 5) is 13.7. The van der Waals surface area contributed by atoms with E-state index < -0.39 is 0 Å². The summed E-state index contributed by atoms with van der Waals surface area (Å²) >= 11 is 3.41. The number of amides is 1. The first-order valence-electron chi connectivity index (χ1n) is 6.35. The molecule has 0 aromatic heterocycles.